The minimum absolute atomic E-state index is 0.113. The summed E-state index contributed by atoms with van der Waals surface area (Å²) < 4.78 is 52.5. The van der Waals surface area contributed by atoms with Gasteiger partial charge in [0.05, 0.1) is 0 Å². The van der Waals surface area contributed by atoms with E-state index in [1.54, 1.807) is 0 Å². The summed E-state index contributed by atoms with van der Waals surface area (Å²) in [5.74, 6) is -0.844. The highest BCUT2D eigenvalue weighted by Crippen LogP contribution is 2.27. The molecule has 0 saturated heterocycles. The van der Waals surface area contributed by atoms with Gasteiger partial charge < -0.3 is 4.74 Å². The van der Waals surface area contributed by atoms with E-state index in [9.17, 15) is 22.4 Å². The SMILES string of the molecule is CC.CC(=O)c1cccc(OC(F)(F)C(F)F)c1. The number of rotatable bonds is 4. The summed E-state index contributed by atoms with van der Waals surface area (Å²) in [5.41, 5.74) is 0.113. The van der Waals surface area contributed by atoms with Crippen molar-refractivity contribution in [3.63, 3.8) is 0 Å². The van der Waals surface area contributed by atoms with Crippen LogP contribution in [-0.4, -0.2) is 18.3 Å². The maximum absolute atomic E-state index is 12.5. The lowest BCUT2D eigenvalue weighted by molar-refractivity contribution is -0.253. The fraction of sp³-hybridized carbons (Fsp3) is 0.417. The van der Waals surface area contributed by atoms with Crippen molar-refractivity contribution < 1.29 is 27.1 Å². The van der Waals surface area contributed by atoms with Crippen molar-refractivity contribution >= 4 is 5.78 Å². The van der Waals surface area contributed by atoms with E-state index < -0.39 is 18.3 Å². The molecule has 0 aliphatic heterocycles. The Kier molecular flexibility index (Phi) is 6.36. The van der Waals surface area contributed by atoms with Crippen LogP contribution in [0.3, 0.4) is 0 Å². The average molecular weight is 266 g/mol. The molecule has 1 aromatic rings. The summed E-state index contributed by atoms with van der Waals surface area (Å²) in [4.78, 5) is 10.9. The van der Waals surface area contributed by atoms with Gasteiger partial charge in [0.15, 0.2) is 5.78 Å². The molecule has 1 aromatic carbocycles. The summed E-state index contributed by atoms with van der Waals surface area (Å²) in [6.45, 7) is 5.23. The highest BCUT2D eigenvalue weighted by atomic mass is 19.3. The van der Waals surface area contributed by atoms with Crippen LogP contribution in [0.5, 0.6) is 5.75 Å². The summed E-state index contributed by atoms with van der Waals surface area (Å²) in [6.07, 6.45) is -8.48. The predicted molar refractivity (Wildman–Crippen MR) is 59.4 cm³/mol. The highest BCUT2D eigenvalue weighted by molar-refractivity contribution is 5.94. The number of alkyl halides is 4. The van der Waals surface area contributed by atoms with Gasteiger partial charge in [-0.2, -0.15) is 17.6 Å². The van der Waals surface area contributed by atoms with Gasteiger partial charge in [0.2, 0.25) is 0 Å². The first-order valence-corrected chi connectivity index (χ1v) is 5.29. The third-order valence-corrected chi connectivity index (χ3v) is 1.75. The van der Waals surface area contributed by atoms with E-state index in [0.29, 0.717) is 0 Å². The van der Waals surface area contributed by atoms with E-state index in [1.807, 2.05) is 13.8 Å². The number of hydrogen-bond donors (Lipinski definition) is 0. The Hall–Kier alpha value is -1.59. The second kappa shape index (κ2) is 6.98. The molecule has 0 saturated carbocycles. The molecule has 18 heavy (non-hydrogen) atoms. The molecule has 2 nitrogen and oxygen atoms in total. The van der Waals surface area contributed by atoms with Crippen molar-refractivity contribution in [3.05, 3.63) is 29.8 Å². The zero-order chi connectivity index (χ0) is 14.3. The first kappa shape index (κ1) is 16.4. The predicted octanol–water partition coefficient (Wildman–Crippen LogP) is 4.15. The standard InChI is InChI=1S/C10H8F4O2.C2H6/c1-6(15)7-3-2-4-8(5-7)16-10(13,14)9(11)12;1-2/h2-5,9H,1H3;1-2H3. The Morgan fingerprint density at radius 3 is 2.28 bits per heavy atom. The van der Waals surface area contributed by atoms with Crippen LogP contribution in [0.15, 0.2) is 24.3 Å². The van der Waals surface area contributed by atoms with E-state index >= 15 is 0 Å². The lowest BCUT2D eigenvalue weighted by Crippen LogP contribution is -2.33. The second-order valence-electron chi connectivity index (χ2n) is 3.05. The van der Waals surface area contributed by atoms with Crippen LogP contribution in [0.25, 0.3) is 0 Å². The molecule has 0 amide bonds. The van der Waals surface area contributed by atoms with E-state index in [-0.39, 0.29) is 11.3 Å². The van der Waals surface area contributed by atoms with Crippen molar-refractivity contribution in [2.45, 2.75) is 33.3 Å². The fourth-order valence-corrected chi connectivity index (χ4v) is 0.980. The van der Waals surface area contributed by atoms with Gasteiger partial charge in [0, 0.05) is 5.56 Å². The Labute approximate surface area is 103 Å². The first-order valence-electron chi connectivity index (χ1n) is 5.29. The van der Waals surface area contributed by atoms with Crippen LogP contribution in [0.4, 0.5) is 17.6 Å². The van der Waals surface area contributed by atoms with Crippen LogP contribution in [0, 0.1) is 0 Å². The van der Waals surface area contributed by atoms with Gasteiger partial charge in [-0.15, -0.1) is 0 Å². The molecule has 0 fully saturated rings. The van der Waals surface area contributed by atoms with E-state index in [2.05, 4.69) is 4.74 Å². The smallest absolute Gasteiger partial charge is 0.428 e. The van der Waals surface area contributed by atoms with Gasteiger partial charge in [-0.25, -0.2) is 0 Å². The normalized spacial score (nSPS) is 10.7. The summed E-state index contributed by atoms with van der Waals surface area (Å²) in [6, 6.07) is 4.70. The molecule has 0 bridgehead atoms. The summed E-state index contributed by atoms with van der Waals surface area (Å²) in [5, 5.41) is 0. The summed E-state index contributed by atoms with van der Waals surface area (Å²) >= 11 is 0. The molecular formula is C12H14F4O2. The van der Waals surface area contributed by atoms with E-state index in [0.717, 1.165) is 12.1 Å². The molecule has 0 atom stereocenters. The molecule has 0 spiro atoms. The van der Waals surface area contributed by atoms with E-state index in [4.69, 9.17) is 0 Å². The van der Waals surface area contributed by atoms with Gasteiger partial charge in [-0.05, 0) is 19.1 Å². The molecular weight excluding hydrogens is 252 g/mol. The van der Waals surface area contributed by atoms with Crippen LogP contribution >= 0.6 is 0 Å². The van der Waals surface area contributed by atoms with Crippen molar-refractivity contribution in [1.29, 1.82) is 0 Å². The van der Waals surface area contributed by atoms with Gasteiger partial charge in [0.1, 0.15) is 5.75 Å². The third kappa shape index (κ3) is 4.73. The molecule has 6 heteroatoms. The topological polar surface area (TPSA) is 26.3 Å². The zero-order valence-corrected chi connectivity index (χ0v) is 10.2. The van der Waals surface area contributed by atoms with Crippen LogP contribution in [0.1, 0.15) is 31.1 Å². The highest BCUT2D eigenvalue weighted by Gasteiger charge is 2.43. The Balaban J connectivity index is 0.00000137. The van der Waals surface area contributed by atoms with E-state index in [1.165, 1.54) is 19.1 Å². The lowest BCUT2D eigenvalue weighted by atomic mass is 10.1. The number of ether oxygens (including phenoxy) is 1. The number of Topliss-reactive ketones (excluding diaryl/α,β-unsaturated/α-hetero) is 1. The fourth-order valence-electron chi connectivity index (χ4n) is 0.980. The first-order chi connectivity index (χ1) is 8.33. The van der Waals surface area contributed by atoms with Crippen molar-refractivity contribution in [3.8, 4) is 5.75 Å². The molecule has 0 unspecified atom stereocenters. The minimum Gasteiger partial charge on any atom is -0.428 e. The van der Waals surface area contributed by atoms with Gasteiger partial charge in [-0.1, -0.05) is 26.0 Å². The molecule has 0 aliphatic carbocycles. The maximum Gasteiger partial charge on any atom is 0.461 e. The van der Waals surface area contributed by atoms with Gasteiger partial charge in [-0.3, -0.25) is 4.79 Å². The zero-order valence-electron chi connectivity index (χ0n) is 10.2. The Morgan fingerprint density at radius 1 is 1.28 bits per heavy atom. The molecule has 0 aliphatic rings. The van der Waals surface area contributed by atoms with Gasteiger partial charge >= 0.3 is 12.5 Å². The molecule has 0 N–H and O–H groups in total. The Morgan fingerprint density at radius 2 is 1.83 bits per heavy atom. The van der Waals surface area contributed by atoms with Gasteiger partial charge in [0.25, 0.3) is 0 Å². The number of benzene rings is 1. The number of halogens is 4. The van der Waals surface area contributed by atoms with Crippen LogP contribution < -0.4 is 4.74 Å². The molecule has 0 heterocycles. The van der Waals surface area contributed by atoms with Crippen molar-refractivity contribution in [1.82, 2.24) is 0 Å². The quantitative estimate of drug-likeness (QED) is 0.604. The summed E-state index contributed by atoms with van der Waals surface area (Å²) in [7, 11) is 0. The van der Waals surface area contributed by atoms with Crippen molar-refractivity contribution in [2.75, 3.05) is 0 Å². The number of carbonyl (C=O) groups excluding carboxylic acids is 1. The largest absolute Gasteiger partial charge is 0.461 e. The minimum atomic E-state index is -4.56. The second-order valence-corrected chi connectivity index (χ2v) is 3.05. The molecule has 102 valence electrons. The molecule has 0 aromatic heterocycles. The maximum atomic E-state index is 12.5. The Bertz CT molecular complexity index is 391. The van der Waals surface area contributed by atoms with Crippen LogP contribution in [-0.2, 0) is 0 Å². The lowest BCUT2D eigenvalue weighted by Gasteiger charge is -2.16. The molecule has 0 radical (unpaired) electrons. The third-order valence-electron chi connectivity index (χ3n) is 1.75. The monoisotopic (exact) mass is 266 g/mol. The number of hydrogen-bond acceptors (Lipinski definition) is 2. The number of ketones is 1. The van der Waals surface area contributed by atoms with Crippen molar-refractivity contribution in [2.24, 2.45) is 0 Å². The van der Waals surface area contributed by atoms with Crippen LogP contribution in [0.2, 0.25) is 0 Å². The molecule has 1 rings (SSSR count). The number of carbonyl (C=O) groups is 1. The average Bonchev–Trinajstić information content (AvgIpc) is 2.31.